The molecule has 1 aromatic carbocycles. The Hall–Kier alpha value is -1.55. The Bertz CT molecular complexity index is 402. The molecule has 0 atom stereocenters. The number of carbonyl (C=O) groups is 1. The summed E-state index contributed by atoms with van der Waals surface area (Å²) in [6.45, 7) is 4.48. The maximum Gasteiger partial charge on any atom is 0.320 e. The number of hydrogen-bond donors (Lipinski definition) is 1. The summed E-state index contributed by atoms with van der Waals surface area (Å²) in [5.41, 5.74) is 3.11. The number of likely N-dealkylation sites (N-methyl/N-ethyl adjacent to an activating group) is 1. The molecule has 1 aromatic rings. The highest BCUT2D eigenvalue weighted by Crippen LogP contribution is 2.22. The number of carbonyl (C=O) groups excluding carboxylic acids is 1. The highest BCUT2D eigenvalue weighted by atomic mass is 16.5. The van der Waals surface area contributed by atoms with E-state index < -0.39 is 0 Å². The number of ether oxygens (including phenoxy) is 2. The normalized spacial score (nSPS) is 10.1. The predicted molar refractivity (Wildman–Crippen MR) is 66.2 cm³/mol. The molecule has 1 N–H and O–H groups in total. The first-order valence-electron chi connectivity index (χ1n) is 5.52. The second-order valence-corrected chi connectivity index (χ2v) is 3.94. The smallest absolute Gasteiger partial charge is 0.320 e. The van der Waals surface area contributed by atoms with Crippen molar-refractivity contribution in [2.24, 2.45) is 0 Å². The summed E-state index contributed by atoms with van der Waals surface area (Å²) in [4.78, 5) is 11.2. The Morgan fingerprint density at radius 2 is 2.00 bits per heavy atom. The van der Waals surface area contributed by atoms with E-state index in [2.05, 4.69) is 5.32 Å². The van der Waals surface area contributed by atoms with E-state index in [-0.39, 0.29) is 12.5 Å². The maximum atomic E-state index is 11.2. The fraction of sp³-hybridized carbons (Fsp3) is 0.462. The standard InChI is InChI=1S/C13H19NO3/c1-9-6-12(16-4)10(2)5-11(9)8-17-13(15)7-14-3/h5-6,14H,7-8H2,1-4H3. The first kappa shape index (κ1) is 13.5. The minimum Gasteiger partial charge on any atom is -0.496 e. The average molecular weight is 237 g/mol. The Balaban J connectivity index is 2.72. The van der Waals surface area contributed by atoms with Crippen LogP contribution in [0.5, 0.6) is 5.75 Å². The summed E-state index contributed by atoms with van der Waals surface area (Å²) in [6.07, 6.45) is 0. The SMILES string of the molecule is CNCC(=O)OCc1cc(C)c(OC)cc1C. The van der Waals surface area contributed by atoms with Crippen LogP contribution in [0.4, 0.5) is 0 Å². The number of methoxy groups -OCH3 is 1. The molecular formula is C13H19NO3. The topological polar surface area (TPSA) is 47.6 Å². The third kappa shape index (κ3) is 3.75. The Morgan fingerprint density at radius 1 is 1.29 bits per heavy atom. The number of nitrogens with one attached hydrogen (secondary N) is 1. The molecule has 1 rings (SSSR count). The van der Waals surface area contributed by atoms with Crippen LogP contribution in [0.1, 0.15) is 16.7 Å². The predicted octanol–water partition coefficient (Wildman–Crippen LogP) is 1.57. The molecule has 0 aliphatic heterocycles. The molecule has 0 bridgehead atoms. The van der Waals surface area contributed by atoms with Crippen LogP contribution in [-0.2, 0) is 16.1 Å². The minimum absolute atomic E-state index is 0.230. The molecular weight excluding hydrogens is 218 g/mol. The number of rotatable bonds is 5. The molecule has 0 radical (unpaired) electrons. The fourth-order valence-electron chi connectivity index (χ4n) is 1.58. The average Bonchev–Trinajstić information content (AvgIpc) is 2.30. The van der Waals surface area contributed by atoms with Crippen molar-refractivity contribution < 1.29 is 14.3 Å². The largest absolute Gasteiger partial charge is 0.496 e. The molecule has 0 heterocycles. The van der Waals surface area contributed by atoms with Gasteiger partial charge >= 0.3 is 5.97 Å². The van der Waals surface area contributed by atoms with Crippen molar-refractivity contribution in [1.82, 2.24) is 5.32 Å². The Kier molecular flexibility index (Phi) is 4.97. The monoisotopic (exact) mass is 237 g/mol. The first-order valence-corrected chi connectivity index (χ1v) is 5.52. The number of hydrogen-bond acceptors (Lipinski definition) is 4. The van der Waals surface area contributed by atoms with Gasteiger partial charge in [0.05, 0.1) is 13.7 Å². The summed E-state index contributed by atoms with van der Waals surface area (Å²) in [5, 5.41) is 2.75. The van der Waals surface area contributed by atoms with Crippen molar-refractivity contribution in [1.29, 1.82) is 0 Å². The lowest BCUT2D eigenvalue weighted by Crippen LogP contribution is -2.20. The zero-order valence-electron chi connectivity index (χ0n) is 10.8. The van der Waals surface area contributed by atoms with Gasteiger partial charge in [0.25, 0.3) is 0 Å². The van der Waals surface area contributed by atoms with Crippen LogP contribution in [0.3, 0.4) is 0 Å². The third-order valence-corrected chi connectivity index (χ3v) is 2.56. The minimum atomic E-state index is -0.250. The van der Waals surface area contributed by atoms with Gasteiger partial charge in [0.15, 0.2) is 0 Å². The van der Waals surface area contributed by atoms with Crippen LogP contribution in [-0.4, -0.2) is 26.7 Å². The van der Waals surface area contributed by atoms with Crippen molar-refractivity contribution in [2.75, 3.05) is 20.7 Å². The number of benzene rings is 1. The van der Waals surface area contributed by atoms with Gasteiger partial charge in [-0.25, -0.2) is 0 Å². The summed E-state index contributed by atoms with van der Waals surface area (Å²) in [5.74, 6) is 0.605. The van der Waals surface area contributed by atoms with Gasteiger partial charge in [0, 0.05) is 0 Å². The van der Waals surface area contributed by atoms with Crippen LogP contribution in [0.25, 0.3) is 0 Å². The Labute approximate surface area is 102 Å². The van der Waals surface area contributed by atoms with E-state index in [4.69, 9.17) is 9.47 Å². The van der Waals surface area contributed by atoms with Gasteiger partial charge in [-0.15, -0.1) is 0 Å². The van der Waals surface area contributed by atoms with Crippen LogP contribution >= 0.6 is 0 Å². The summed E-state index contributed by atoms with van der Waals surface area (Å²) in [6, 6.07) is 3.94. The summed E-state index contributed by atoms with van der Waals surface area (Å²) >= 11 is 0. The second-order valence-electron chi connectivity index (χ2n) is 3.94. The third-order valence-electron chi connectivity index (χ3n) is 2.56. The van der Waals surface area contributed by atoms with Crippen molar-refractivity contribution in [3.05, 3.63) is 28.8 Å². The quantitative estimate of drug-likeness (QED) is 0.790. The molecule has 94 valence electrons. The zero-order chi connectivity index (χ0) is 12.8. The first-order chi connectivity index (χ1) is 8.08. The lowest BCUT2D eigenvalue weighted by atomic mass is 10.1. The Morgan fingerprint density at radius 3 is 2.59 bits per heavy atom. The molecule has 0 fully saturated rings. The van der Waals surface area contributed by atoms with E-state index >= 15 is 0 Å². The van der Waals surface area contributed by atoms with E-state index in [1.807, 2.05) is 26.0 Å². The highest BCUT2D eigenvalue weighted by Gasteiger charge is 2.07. The van der Waals surface area contributed by atoms with Crippen molar-refractivity contribution in [3.63, 3.8) is 0 Å². The van der Waals surface area contributed by atoms with Crippen molar-refractivity contribution >= 4 is 5.97 Å². The van der Waals surface area contributed by atoms with E-state index in [1.54, 1.807) is 14.2 Å². The lowest BCUT2D eigenvalue weighted by Gasteiger charge is -2.11. The van der Waals surface area contributed by atoms with Gasteiger partial charge in [-0.05, 0) is 49.7 Å². The molecule has 0 saturated carbocycles. The van der Waals surface area contributed by atoms with E-state index in [0.717, 1.165) is 22.4 Å². The van der Waals surface area contributed by atoms with Crippen molar-refractivity contribution in [3.8, 4) is 5.75 Å². The van der Waals surface area contributed by atoms with Gasteiger partial charge < -0.3 is 14.8 Å². The molecule has 4 heteroatoms. The molecule has 0 amide bonds. The molecule has 0 unspecified atom stereocenters. The van der Waals surface area contributed by atoms with Gasteiger partial charge in [-0.3, -0.25) is 4.79 Å². The fourth-order valence-corrected chi connectivity index (χ4v) is 1.58. The number of esters is 1. The van der Waals surface area contributed by atoms with E-state index in [0.29, 0.717) is 6.61 Å². The van der Waals surface area contributed by atoms with Crippen LogP contribution in [0.2, 0.25) is 0 Å². The van der Waals surface area contributed by atoms with Gasteiger partial charge in [0.1, 0.15) is 12.4 Å². The second kappa shape index (κ2) is 6.25. The van der Waals surface area contributed by atoms with E-state index in [1.165, 1.54) is 0 Å². The summed E-state index contributed by atoms with van der Waals surface area (Å²) in [7, 11) is 3.36. The van der Waals surface area contributed by atoms with Gasteiger partial charge in [-0.2, -0.15) is 0 Å². The number of aryl methyl sites for hydroxylation is 2. The highest BCUT2D eigenvalue weighted by molar-refractivity contribution is 5.71. The molecule has 0 aromatic heterocycles. The summed E-state index contributed by atoms with van der Waals surface area (Å²) < 4.78 is 10.4. The molecule has 0 aliphatic rings. The van der Waals surface area contributed by atoms with Gasteiger partial charge in [-0.1, -0.05) is 0 Å². The van der Waals surface area contributed by atoms with Crippen LogP contribution < -0.4 is 10.1 Å². The zero-order valence-corrected chi connectivity index (χ0v) is 10.8. The van der Waals surface area contributed by atoms with Gasteiger partial charge in [0.2, 0.25) is 0 Å². The van der Waals surface area contributed by atoms with E-state index in [9.17, 15) is 4.79 Å². The maximum absolute atomic E-state index is 11.2. The van der Waals surface area contributed by atoms with Crippen LogP contribution in [0, 0.1) is 13.8 Å². The molecule has 0 saturated heterocycles. The molecule has 0 aliphatic carbocycles. The molecule has 0 spiro atoms. The lowest BCUT2D eigenvalue weighted by molar-refractivity contribution is -0.143. The molecule has 4 nitrogen and oxygen atoms in total. The van der Waals surface area contributed by atoms with Crippen LogP contribution in [0.15, 0.2) is 12.1 Å². The van der Waals surface area contributed by atoms with Crippen molar-refractivity contribution in [2.45, 2.75) is 20.5 Å². The molecule has 17 heavy (non-hydrogen) atoms.